The highest BCUT2D eigenvalue weighted by Crippen LogP contribution is 2.58. The van der Waals surface area contributed by atoms with Gasteiger partial charge in [-0.25, -0.2) is 0 Å². The highest BCUT2D eigenvalue weighted by atomic mass is 16.5. The average Bonchev–Trinajstić information content (AvgIpc) is 3.03. The van der Waals surface area contributed by atoms with Gasteiger partial charge in [-0.15, -0.1) is 0 Å². The molecule has 1 saturated carbocycles. The minimum atomic E-state index is -0.158. The highest BCUT2D eigenvalue weighted by Gasteiger charge is 2.68. The molecule has 2 aliphatic heterocycles. The number of hydrogen-bond acceptors (Lipinski definition) is 5. The zero-order chi connectivity index (χ0) is 14.5. The fraction of sp³-hybridized carbons (Fsp3) is 1.00. The zero-order valence-corrected chi connectivity index (χ0v) is 13.1. The highest BCUT2D eigenvalue weighted by molar-refractivity contribution is 5.22. The number of hydrogen-bond donors (Lipinski definition) is 1. The third kappa shape index (κ3) is 1.87. The van der Waals surface area contributed by atoms with E-state index in [0.717, 1.165) is 32.7 Å². The van der Waals surface area contributed by atoms with Crippen molar-refractivity contribution in [1.29, 1.82) is 0 Å². The van der Waals surface area contributed by atoms with Crippen molar-refractivity contribution in [2.45, 2.75) is 44.1 Å². The van der Waals surface area contributed by atoms with E-state index >= 15 is 0 Å². The smallest absolute Gasteiger partial charge is 0.0971 e. The van der Waals surface area contributed by atoms with Gasteiger partial charge >= 0.3 is 0 Å². The molecule has 3 aliphatic rings. The monoisotopic (exact) mass is 284 g/mol. The van der Waals surface area contributed by atoms with Gasteiger partial charge in [-0.3, -0.25) is 4.90 Å². The van der Waals surface area contributed by atoms with Crippen LogP contribution in [0.2, 0.25) is 0 Å². The van der Waals surface area contributed by atoms with Crippen molar-refractivity contribution in [2.24, 2.45) is 17.1 Å². The summed E-state index contributed by atoms with van der Waals surface area (Å²) in [6, 6.07) is 0. The Balaban J connectivity index is 1.69. The normalized spacial score (nSPS) is 47.2. The molecule has 2 heterocycles. The van der Waals surface area contributed by atoms with E-state index in [-0.39, 0.29) is 23.2 Å². The van der Waals surface area contributed by atoms with Crippen molar-refractivity contribution in [3.8, 4) is 0 Å². The summed E-state index contributed by atoms with van der Waals surface area (Å²) in [5.41, 5.74) is 6.70. The molecule has 0 aromatic rings. The van der Waals surface area contributed by atoms with Crippen molar-refractivity contribution >= 4 is 0 Å². The van der Waals surface area contributed by atoms with E-state index in [9.17, 15) is 0 Å². The summed E-state index contributed by atoms with van der Waals surface area (Å²) >= 11 is 0. The van der Waals surface area contributed by atoms with Gasteiger partial charge in [-0.1, -0.05) is 13.8 Å². The first-order valence-corrected chi connectivity index (χ1v) is 7.62. The summed E-state index contributed by atoms with van der Waals surface area (Å²) in [6.45, 7) is 8.07. The van der Waals surface area contributed by atoms with Crippen LogP contribution in [-0.2, 0) is 14.2 Å². The van der Waals surface area contributed by atoms with Gasteiger partial charge in [0.2, 0.25) is 0 Å². The molecular formula is C15H28N2O3. The van der Waals surface area contributed by atoms with Crippen molar-refractivity contribution in [1.82, 2.24) is 4.90 Å². The number of ether oxygens (including phenoxy) is 3. The van der Waals surface area contributed by atoms with E-state index in [1.807, 2.05) is 0 Å². The van der Waals surface area contributed by atoms with Crippen molar-refractivity contribution in [3.63, 3.8) is 0 Å². The molecule has 2 N–H and O–H groups in total. The van der Waals surface area contributed by atoms with Gasteiger partial charge in [0.1, 0.15) is 0 Å². The van der Waals surface area contributed by atoms with Gasteiger partial charge in [0.15, 0.2) is 0 Å². The number of fused-ring (bicyclic) bond motifs is 1. The lowest BCUT2D eigenvalue weighted by molar-refractivity contribution is -0.162. The Morgan fingerprint density at radius 2 is 1.80 bits per heavy atom. The quantitative estimate of drug-likeness (QED) is 0.813. The Kier molecular flexibility index (Phi) is 3.62. The summed E-state index contributed by atoms with van der Waals surface area (Å²) in [4.78, 5) is 2.40. The Morgan fingerprint density at radius 3 is 2.35 bits per heavy atom. The summed E-state index contributed by atoms with van der Waals surface area (Å²) in [7, 11) is 3.51. The van der Waals surface area contributed by atoms with Crippen LogP contribution in [0.1, 0.15) is 20.3 Å². The third-order valence-electron chi connectivity index (χ3n) is 6.05. The van der Waals surface area contributed by atoms with Gasteiger partial charge < -0.3 is 19.9 Å². The number of nitrogens with two attached hydrogens (primary N) is 1. The molecule has 0 aromatic carbocycles. The molecule has 1 aliphatic carbocycles. The number of likely N-dealkylation sites (tertiary alicyclic amines) is 1. The standard InChI is InChI=1S/C15H28N2O3/c1-14(2)13-10(5-6-20-13)15(14,16)9-17-7-11(18-3)12(8-17)19-4/h10-13H,5-9,16H2,1-4H3. The maximum absolute atomic E-state index is 6.82. The first kappa shape index (κ1) is 14.7. The lowest BCUT2D eigenvalue weighted by atomic mass is 9.48. The van der Waals surface area contributed by atoms with Crippen molar-refractivity contribution < 1.29 is 14.2 Å². The lowest BCUT2D eigenvalue weighted by Gasteiger charge is -2.63. The van der Waals surface area contributed by atoms with E-state index in [0.29, 0.717) is 12.0 Å². The number of nitrogens with zero attached hydrogens (tertiary/aromatic N) is 1. The lowest BCUT2D eigenvalue weighted by Crippen LogP contribution is -2.78. The molecule has 20 heavy (non-hydrogen) atoms. The molecule has 2 saturated heterocycles. The van der Waals surface area contributed by atoms with E-state index in [1.165, 1.54) is 0 Å². The summed E-state index contributed by atoms with van der Waals surface area (Å²) in [5, 5.41) is 0. The van der Waals surface area contributed by atoms with E-state index in [2.05, 4.69) is 18.7 Å². The minimum Gasteiger partial charge on any atom is -0.377 e. The van der Waals surface area contributed by atoms with Crippen molar-refractivity contribution in [2.75, 3.05) is 40.5 Å². The molecule has 3 rings (SSSR count). The van der Waals surface area contributed by atoms with E-state index < -0.39 is 0 Å². The molecule has 0 spiro atoms. The predicted molar refractivity (Wildman–Crippen MR) is 76.6 cm³/mol. The largest absolute Gasteiger partial charge is 0.377 e. The zero-order valence-electron chi connectivity index (χ0n) is 13.1. The van der Waals surface area contributed by atoms with Crippen LogP contribution >= 0.6 is 0 Å². The van der Waals surface area contributed by atoms with Crippen LogP contribution in [0.5, 0.6) is 0 Å². The Hall–Kier alpha value is -0.200. The van der Waals surface area contributed by atoms with Crippen LogP contribution in [0.4, 0.5) is 0 Å². The first-order chi connectivity index (χ1) is 9.44. The molecule has 0 amide bonds. The number of methoxy groups -OCH3 is 2. The maximum atomic E-state index is 6.82. The maximum Gasteiger partial charge on any atom is 0.0971 e. The molecule has 3 fully saturated rings. The second-order valence-electron chi connectivity index (χ2n) is 7.19. The SMILES string of the molecule is COC1CN(CC2(N)C3CCOC3C2(C)C)CC1OC. The number of rotatable bonds is 4. The van der Waals surface area contributed by atoms with Gasteiger partial charge in [0, 0.05) is 57.3 Å². The summed E-state index contributed by atoms with van der Waals surface area (Å²) < 4.78 is 16.9. The van der Waals surface area contributed by atoms with Crippen LogP contribution in [0.3, 0.4) is 0 Å². The minimum absolute atomic E-state index is 0.0435. The molecule has 5 nitrogen and oxygen atoms in total. The average molecular weight is 284 g/mol. The Labute approximate surface area is 121 Å². The van der Waals surface area contributed by atoms with Crippen molar-refractivity contribution in [3.05, 3.63) is 0 Å². The molecule has 0 aromatic heterocycles. The van der Waals surface area contributed by atoms with Gasteiger partial charge in [-0.2, -0.15) is 0 Å². The summed E-state index contributed by atoms with van der Waals surface area (Å²) in [5.74, 6) is 0.500. The Morgan fingerprint density at radius 1 is 1.20 bits per heavy atom. The third-order valence-corrected chi connectivity index (χ3v) is 6.05. The molecule has 5 heteroatoms. The fourth-order valence-corrected chi connectivity index (χ4v) is 4.57. The van der Waals surface area contributed by atoms with E-state index in [4.69, 9.17) is 19.9 Å². The molecule has 5 atom stereocenters. The molecular weight excluding hydrogens is 256 g/mol. The predicted octanol–water partition coefficient (Wildman–Crippen LogP) is 0.474. The van der Waals surface area contributed by atoms with Crippen LogP contribution < -0.4 is 5.73 Å². The second kappa shape index (κ2) is 4.92. The van der Waals surface area contributed by atoms with Crippen LogP contribution in [-0.4, -0.2) is 69.2 Å². The first-order valence-electron chi connectivity index (χ1n) is 7.62. The summed E-state index contributed by atoms with van der Waals surface area (Å²) in [6.07, 6.45) is 1.75. The van der Waals surface area contributed by atoms with Gasteiger partial charge in [0.05, 0.1) is 18.3 Å². The molecule has 5 unspecified atom stereocenters. The fourth-order valence-electron chi connectivity index (χ4n) is 4.57. The van der Waals surface area contributed by atoms with Crippen LogP contribution in [0.25, 0.3) is 0 Å². The van der Waals surface area contributed by atoms with Gasteiger partial charge in [0.25, 0.3) is 0 Å². The van der Waals surface area contributed by atoms with Crippen LogP contribution in [0, 0.1) is 11.3 Å². The second-order valence-corrected chi connectivity index (χ2v) is 7.19. The van der Waals surface area contributed by atoms with Gasteiger partial charge in [-0.05, 0) is 6.42 Å². The molecule has 0 bridgehead atoms. The molecule has 116 valence electrons. The topological polar surface area (TPSA) is 57.0 Å². The molecule has 0 radical (unpaired) electrons. The Bertz CT molecular complexity index is 364. The van der Waals surface area contributed by atoms with E-state index in [1.54, 1.807) is 14.2 Å². The van der Waals surface area contributed by atoms with Crippen LogP contribution in [0.15, 0.2) is 0 Å².